The molecule has 1 aromatic rings. The molecule has 4 aliphatic heterocycles. The number of alkyl carbamates (subject to hydrolysis) is 1. The van der Waals surface area contributed by atoms with Gasteiger partial charge in [0, 0.05) is 50.5 Å². The Labute approximate surface area is 537 Å². The van der Waals surface area contributed by atoms with Gasteiger partial charge in [-0.2, -0.15) is 0 Å². The second-order valence-corrected chi connectivity index (χ2v) is 23.8. The molecule has 2 bridgehead atoms. The van der Waals surface area contributed by atoms with Crippen molar-refractivity contribution in [3.63, 3.8) is 0 Å². The number of carboxylic acid groups (broad SMARTS) is 1. The number of nitro benzene ring substituents is 1. The van der Waals surface area contributed by atoms with Gasteiger partial charge in [0.15, 0.2) is 17.8 Å². The smallest absolute Gasteiger partial charge is 0.407 e. The van der Waals surface area contributed by atoms with E-state index in [0.29, 0.717) is 0 Å². The molecule has 3 fully saturated rings. The number of nitrogens with one attached hydrogen (secondary N) is 2. The molecular formula is C63H91N3O27. The van der Waals surface area contributed by atoms with Crippen LogP contribution in [0.15, 0.2) is 103 Å². The topological polar surface area (TPSA) is 483 Å². The first-order chi connectivity index (χ1) is 43.9. The van der Waals surface area contributed by atoms with Crippen LogP contribution in [0.25, 0.3) is 0 Å². The average Bonchev–Trinajstić information content (AvgIpc) is 0.837. The number of carbonyl (C=O) groups excluding carboxylic acids is 3. The molecule has 30 heteroatoms. The van der Waals surface area contributed by atoms with Crippen molar-refractivity contribution in [1.29, 1.82) is 0 Å². The number of benzene rings is 1. The molecule has 16 N–H and O–H groups in total. The van der Waals surface area contributed by atoms with Crippen molar-refractivity contribution in [2.24, 2.45) is 17.8 Å². The number of ether oxygens (including phenoxy) is 7. The van der Waals surface area contributed by atoms with Gasteiger partial charge < -0.3 is 115 Å². The predicted octanol–water partition coefficient (Wildman–Crippen LogP) is -0.0899. The van der Waals surface area contributed by atoms with Crippen LogP contribution in [0.2, 0.25) is 0 Å². The van der Waals surface area contributed by atoms with Crippen molar-refractivity contribution in [3.8, 4) is 5.75 Å². The quantitative estimate of drug-likeness (QED) is 0.0782. The molecule has 520 valence electrons. The van der Waals surface area contributed by atoms with Gasteiger partial charge in [-0.15, -0.1) is 0 Å². The van der Waals surface area contributed by atoms with E-state index in [1.54, 1.807) is 93.7 Å². The van der Waals surface area contributed by atoms with E-state index in [9.17, 15) is 101 Å². The van der Waals surface area contributed by atoms with Crippen LogP contribution in [-0.2, 0) is 49.4 Å². The standard InChI is InChI=1S/C63H91N3O27/c1-33-18-16-14-12-10-8-6-7-9-11-13-15-17-19-42(28-48-51(59(81)82)46(74)30-63(84,93-48)29-41(71)26-45(73)44(72)22-21-39(69)25-40(70)27-50(75)88-35(3)34(2)54(33)76)90-61-58(80)52(55(77)36(4)89-61)65-62(83)87-32-38-20-23-47(43(24-38)66(85)86)91-60-53(64-37(5)68)57(79)56(78)49(31-67)92-60/h6-20,23-24,33-36,39-42,44-46,48-49,51-58,60-61,67,69-74,76-80,84H,21-22,25-32H2,1-5H3,(H,64,68)(H,65,83)(H,81,82)/b7-6+,10-8+,11-9+,14-12+,15-13+,18-16+,19-17+/t33-,34-,35-,36+,39+,40+,41-,42-,44+,45+,46-,48-,49+,51+,52-,53+,54+,55+,56?,57+,58-,60+,61-,63+/m0/s1. The first kappa shape index (κ1) is 77.3. The Hall–Kier alpha value is -6.40. The molecule has 4 aliphatic rings. The summed E-state index contributed by atoms with van der Waals surface area (Å²) in [5, 5.41) is 169. The Morgan fingerprint density at radius 1 is 0.677 bits per heavy atom. The highest BCUT2D eigenvalue weighted by Crippen LogP contribution is 2.39. The number of carboxylic acids is 1. The number of fused-ring (bicyclic) bond motifs is 2. The van der Waals surface area contributed by atoms with E-state index in [4.69, 9.17) is 33.2 Å². The molecule has 24 atom stereocenters. The fourth-order valence-corrected chi connectivity index (χ4v) is 11.0. The summed E-state index contributed by atoms with van der Waals surface area (Å²) >= 11 is 0. The molecule has 2 amide bonds. The summed E-state index contributed by atoms with van der Waals surface area (Å²) in [7, 11) is 0. The molecule has 0 aliphatic carbocycles. The zero-order valence-corrected chi connectivity index (χ0v) is 52.2. The third kappa shape index (κ3) is 23.8. The zero-order chi connectivity index (χ0) is 68.9. The first-order valence-electron chi connectivity index (χ1n) is 30.6. The maximum absolute atomic E-state index is 13.4. The maximum Gasteiger partial charge on any atom is 0.407 e. The van der Waals surface area contributed by atoms with Crippen molar-refractivity contribution in [1.82, 2.24) is 10.6 Å². The second kappa shape index (κ2) is 37.0. The molecule has 0 saturated carbocycles. The minimum atomic E-state index is -2.48. The fourth-order valence-electron chi connectivity index (χ4n) is 11.0. The highest BCUT2D eigenvalue weighted by atomic mass is 16.7. The summed E-state index contributed by atoms with van der Waals surface area (Å²) in [6.07, 6.45) is -8.69. The third-order valence-corrected chi connectivity index (χ3v) is 16.3. The van der Waals surface area contributed by atoms with Crippen LogP contribution in [-0.4, -0.2) is 235 Å². The van der Waals surface area contributed by atoms with Crippen molar-refractivity contribution < 1.29 is 129 Å². The molecule has 0 aromatic heterocycles. The minimum Gasteiger partial charge on any atom is -0.481 e. The lowest BCUT2D eigenvalue weighted by Crippen LogP contribution is -2.65. The van der Waals surface area contributed by atoms with E-state index in [1.807, 2.05) is 0 Å². The molecule has 3 saturated heterocycles. The van der Waals surface area contributed by atoms with E-state index in [2.05, 4.69) is 10.6 Å². The van der Waals surface area contributed by atoms with Crippen molar-refractivity contribution >= 4 is 29.6 Å². The minimum absolute atomic E-state index is 0.00949. The van der Waals surface area contributed by atoms with Crippen LogP contribution in [0.5, 0.6) is 5.75 Å². The summed E-state index contributed by atoms with van der Waals surface area (Å²) in [5.74, 6) is -8.55. The molecule has 4 heterocycles. The number of nitro groups is 1. The van der Waals surface area contributed by atoms with E-state index < -0.39 is 226 Å². The number of aliphatic carboxylic acids is 1. The van der Waals surface area contributed by atoms with Gasteiger partial charge in [-0.25, -0.2) is 4.79 Å². The Kier molecular flexibility index (Phi) is 30.8. The maximum atomic E-state index is 13.4. The van der Waals surface area contributed by atoms with Gasteiger partial charge >= 0.3 is 23.7 Å². The molecule has 1 unspecified atom stereocenters. The van der Waals surface area contributed by atoms with Crippen molar-refractivity contribution in [2.45, 2.75) is 221 Å². The number of carbonyl (C=O) groups is 4. The SMILES string of the molecule is CC(=O)N[C@H]1[C@H](Oc2ccc(COC(=O)N[C@@H]3[C@H](O)[C@H](O[C@H]4/C=C/C=C/C=C/C=C/C=C/C=C/C=C/[C@H](C)[C@@H](O)[C@@H](C)[C@H](C)OC(=O)C[C@H](O)C[C@H](O)CC[C@@H](O)[C@H](O)C[C@H](O)C[C@]5(O)C[C@H](O)[C@@H](C(=O)O)[C@H](C4)O5)O[C@H](C)[C@H]3O)cc2[N+](=O)[O-])O[C@H](CO)C(O)[C@@H]1O. The number of allylic oxidation sites excluding steroid dienone is 12. The first-order valence-corrected chi connectivity index (χ1v) is 30.6. The van der Waals surface area contributed by atoms with Gasteiger partial charge in [-0.3, -0.25) is 24.5 Å². The number of aliphatic hydroxyl groups excluding tert-OH is 12. The average molecular weight is 1320 g/mol. The molecule has 0 spiro atoms. The van der Waals surface area contributed by atoms with Gasteiger partial charge in [0.25, 0.3) is 0 Å². The van der Waals surface area contributed by atoms with Gasteiger partial charge in [-0.1, -0.05) is 105 Å². The lowest BCUT2D eigenvalue weighted by molar-refractivity contribution is -0.386. The molecular weight excluding hydrogens is 1230 g/mol. The van der Waals surface area contributed by atoms with Crippen molar-refractivity contribution in [2.75, 3.05) is 6.61 Å². The number of nitrogens with zero attached hydrogens (tertiary/aromatic N) is 1. The number of amides is 2. The number of esters is 1. The van der Waals surface area contributed by atoms with E-state index in [-0.39, 0.29) is 30.7 Å². The van der Waals surface area contributed by atoms with E-state index in [0.717, 1.165) is 19.1 Å². The highest BCUT2D eigenvalue weighted by Gasteiger charge is 2.52. The number of aliphatic hydroxyl groups is 13. The molecule has 5 rings (SSSR count). The number of rotatable bonds is 11. The van der Waals surface area contributed by atoms with Crippen LogP contribution >= 0.6 is 0 Å². The lowest BCUT2D eigenvalue weighted by atomic mass is 9.82. The Bertz CT molecular complexity index is 2800. The normalized spacial score (nSPS) is 40.1. The summed E-state index contributed by atoms with van der Waals surface area (Å²) in [6.45, 7) is 6.15. The number of hydrogen-bond acceptors (Lipinski definition) is 26. The van der Waals surface area contributed by atoms with Crippen LogP contribution in [0.4, 0.5) is 10.5 Å². The second-order valence-electron chi connectivity index (χ2n) is 23.8. The molecule has 93 heavy (non-hydrogen) atoms. The Balaban J connectivity index is 1.35. The Morgan fingerprint density at radius 3 is 1.90 bits per heavy atom. The van der Waals surface area contributed by atoms with Gasteiger partial charge in [-0.05, 0) is 44.7 Å². The van der Waals surface area contributed by atoms with Gasteiger partial charge in [0.2, 0.25) is 12.2 Å². The number of cyclic esters (lactones) is 1. The largest absolute Gasteiger partial charge is 0.481 e. The summed E-state index contributed by atoms with van der Waals surface area (Å²) < 4.78 is 40.1. The summed E-state index contributed by atoms with van der Waals surface area (Å²) in [4.78, 5) is 62.3. The van der Waals surface area contributed by atoms with Crippen LogP contribution in [0.1, 0.15) is 91.5 Å². The fraction of sp³-hybridized carbons (Fsp3) is 0.619. The highest BCUT2D eigenvalue weighted by molar-refractivity contribution is 5.73. The molecule has 1 aromatic carbocycles. The van der Waals surface area contributed by atoms with Crippen molar-refractivity contribution in [3.05, 3.63) is 119 Å². The summed E-state index contributed by atoms with van der Waals surface area (Å²) in [6, 6.07) is 0.231. The zero-order valence-electron chi connectivity index (χ0n) is 52.2. The van der Waals surface area contributed by atoms with Gasteiger partial charge in [0.1, 0.15) is 55.2 Å². The third-order valence-electron chi connectivity index (χ3n) is 16.3. The number of hydrogen-bond donors (Lipinski definition) is 16. The summed E-state index contributed by atoms with van der Waals surface area (Å²) in [5.41, 5.74) is -0.698. The monoisotopic (exact) mass is 1320 g/mol. The molecule has 0 radical (unpaired) electrons. The van der Waals surface area contributed by atoms with Crippen LogP contribution in [0.3, 0.4) is 0 Å². The predicted molar refractivity (Wildman–Crippen MR) is 325 cm³/mol. The molecule has 30 nitrogen and oxygen atoms in total. The van der Waals surface area contributed by atoms with Crippen LogP contribution < -0.4 is 15.4 Å². The van der Waals surface area contributed by atoms with Gasteiger partial charge in [0.05, 0.1) is 85.0 Å². The van der Waals surface area contributed by atoms with Crippen LogP contribution in [0, 0.1) is 27.9 Å². The van der Waals surface area contributed by atoms with E-state index in [1.165, 1.54) is 25.1 Å². The lowest BCUT2D eigenvalue weighted by Gasteiger charge is -2.45. The van der Waals surface area contributed by atoms with E-state index >= 15 is 0 Å². The Morgan fingerprint density at radius 2 is 1.30 bits per heavy atom.